The van der Waals surface area contributed by atoms with Crippen LogP contribution in [0.5, 0.6) is 0 Å². The molecule has 0 aliphatic carbocycles. The van der Waals surface area contributed by atoms with E-state index in [1.807, 2.05) is 37.3 Å². The Morgan fingerprint density at radius 1 is 1.16 bits per heavy atom. The van der Waals surface area contributed by atoms with E-state index in [0.29, 0.717) is 11.1 Å². The van der Waals surface area contributed by atoms with Gasteiger partial charge in [0.05, 0.1) is 11.6 Å². The Labute approximate surface area is 112 Å². The summed E-state index contributed by atoms with van der Waals surface area (Å²) in [6.07, 6.45) is 0.812. The number of halogens is 1. The minimum atomic E-state index is -0.395. The van der Waals surface area contributed by atoms with E-state index in [-0.39, 0.29) is 6.04 Å². The van der Waals surface area contributed by atoms with E-state index >= 15 is 0 Å². The van der Waals surface area contributed by atoms with Crippen molar-refractivity contribution in [1.82, 2.24) is 0 Å². The molecular formula is C16H15FN2. The topological polar surface area (TPSA) is 49.8 Å². The van der Waals surface area contributed by atoms with Crippen molar-refractivity contribution in [1.29, 1.82) is 5.26 Å². The summed E-state index contributed by atoms with van der Waals surface area (Å²) in [6, 6.07) is 14.2. The summed E-state index contributed by atoms with van der Waals surface area (Å²) in [4.78, 5) is 0. The Morgan fingerprint density at radius 2 is 1.84 bits per heavy atom. The van der Waals surface area contributed by atoms with Crippen molar-refractivity contribution in [2.24, 2.45) is 5.73 Å². The van der Waals surface area contributed by atoms with Crippen molar-refractivity contribution in [2.75, 3.05) is 0 Å². The zero-order valence-corrected chi connectivity index (χ0v) is 10.7. The summed E-state index contributed by atoms with van der Waals surface area (Å²) in [5.74, 6) is -0.395. The molecule has 0 heterocycles. The fourth-order valence-electron chi connectivity index (χ4n) is 2.03. The van der Waals surface area contributed by atoms with Gasteiger partial charge in [0.25, 0.3) is 0 Å². The van der Waals surface area contributed by atoms with Crippen LogP contribution in [-0.4, -0.2) is 6.04 Å². The van der Waals surface area contributed by atoms with Gasteiger partial charge in [-0.05, 0) is 48.2 Å². The van der Waals surface area contributed by atoms with Gasteiger partial charge in [-0.15, -0.1) is 0 Å². The Hall–Kier alpha value is -2.18. The Bertz CT molecular complexity index is 610. The Morgan fingerprint density at radius 3 is 2.42 bits per heavy atom. The lowest BCUT2D eigenvalue weighted by atomic mass is 10.00. The molecule has 0 spiro atoms. The molecule has 0 fully saturated rings. The first-order chi connectivity index (χ1) is 9.08. The van der Waals surface area contributed by atoms with Crippen LogP contribution in [0, 0.1) is 17.1 Å². The minimum Gasteiger partial charge on any atom is -0.328 e. The molecule has 2 aromatic rings. The second-order valence-corrected chi connectivity index (χ2v) is 4.72. The molecule has 0 radical (unpaired) electrons. The van der Waals surface area contributed by atoms with Crippen LogP contribution in [0.2, 0.25) is 0 Å². The second kappa shape index (κ2) is 5.64. The molecular weight excluding hydrogens is 239 g/mol. The van der Waals surface area contributed by atoms with Gasteiger partial charge in [0.2, 0.25) is 0 Å². The van der Waals surface area contributed by atoms with Crippen LogP contribution in [0.4, 0.5) is 4.39 Å². The van der Waals surface area contributed by atoms with Crippen molar-refractivity contribution in [3.8, 4) is 17.2 Å². The molecule has 19 heavy (non-hydrogen) atoms. The summed E-state index contributed by atoms with van der Waals surface area (Å²) in [5.41, 5.74) is 8.83. The second-order valence-electron chi connectivity index (χ2n) is 4.72. The number of nitrogens with two attached hydrogens (primary N) is 1. The third-order valence-corrected chi connectivity index (χ3v) is 2.87. The molecule has 0 amide bonds. The van der Waals surface area contributed by atoms with E-state index in [1.165, 1.54) is 12.1 Å². The van der Waals surface area contributed by atoms with Crippen LogP contribution in [0.1, 0.15) is 18.1 Å². The maximum atomic E-state index is 13.4. The summed E-state index contributed by atoms with van der Waals surface area (Å²) in [5, 5.41) is 8.85. The van der Waals surface area contributed by atoms with Crippen molar-refractivity contribution < 1.29 is 4.39 Å². The standard InChI is InChI=1S/C16H15FN2/c1-11(19)6-12-2-4-14(5-3-12)15-7-13(10-18)8-16(17)9-15/h2-5,7-9,11H,6,19H2,1H3. The summed E-state index contributed by atoms with van der Waals surface area (Å²) in [6.45, 7) is 1.96. The highest BCUT2D eigenvalue weighted by atomic mass is 19.1. The van der Waals surface area contributed by atoms with E-state index in [2.05, 4.69) is 0 Å². The first kappa shape index (κ1) is 13.3. The van der Waals surface area contributed by atoms with Crippen LogP contribution < -0.4 is 5.73 Å². The van der Waals surface area contributed by atoms with Gasteiger partial charge in [0.1, 0.15) is 5.82 Å². The van der Waals surface area contributed by atoms with Crippen LogP contribution >= 0.6 is 0 Å². The summed E-state index contributed by atoms with van der Waals surface area (Å²) < 4.78 is 13.4. The van der Waals surface area contributed by atoms with E-state index in [9.17, 15) is 4.39 Å². The monoisotopic (exact) mass is 254 g/mol. The van der Waals surface area contributed by atoms with E-state index < -0.39 is 5.82 Å². The van der Waals surface area contributed by atoms with Crippen molar-refractivity contribution in [3.05, 3.63) is 59.4 Å². The van der Waals surface area contributed by atoms with Crippen molar-refractivity contribution in [2.45, 2.75) is 19.4 Å². The molecule has 2 rings (SSSR count). The molecule has 0 aliphatic heterocycles. The highest BCUT2D eigenvalue weighted by molar-refractivity contribution is 5.65. The van der Waals surface area contributed by atoms with E-state index in [1.54, 1.807) is 6.07 Å². The average molecular weight is 254 g/mol. The predicted octanol–water partition coefficient (Wildman–Crippen LogP) is 3.25. The van der Waals surface area contributed by atoms with Gasteiger partial charge in [0.15, 0.2) is 0 Å². The third kappa shape index (κ3) is 3.40. The first-order valence-corrected chi connectivity index (χ1v) is 6.14. The van der Waals surface area contributed by atoms with Crippen LogP contribution in [0.15, 0.2) is 42.5 Å². The molecule has 1 atom stereocenters. The van der Waals surface area contributed by atoms with Gasteiger partial charge in [-0.2, -0.15) is 5.26 Å². The van der Waals surface area contributed by atoms with Gasteiger partial charge in [-0.3, -0.25) is 0 Å². The maximum Gasteiger partial charge on any atom is 0.125 e. The maximum absolute atomic E-state index is 13.4. The Balaban J connectivity index is 2.32. The van der Waals surface area contributed by atoms with Crippen LogP contribution in [-0.2, 0) is 6.42 Å². The van der Waals surface area contributed by atoms with Gasteiger partial charge >= 0.3 is 0 Å². The number of hydrogen-bond acceptors (Lipinski definition) is 2. The number of hydrogen-bond donors (Lipinski definition) is 1. The van der Waals surface area contributed by atoms with Gasteiger partial charge < -0.3 is 5.73 Å². The lowest BCUT2D eigenvalue weighted by Gasteiger charge is -2.07. The smallest absolute Gasteiger partial charge is 0.125 e. The van der Waals surface area contributed by atoms with Crippen LogP contribution in [0.3, 0.4) is 0 Å². The molecule has 0 bridgehead atoms. The molecule has 0 saturated carbocycles. The van der Waals surface area contributed by atoms with Gasteiger partial charge in [0, 0.05) is 6.04 Å². The molecule has 96 valence electrons. The van der Waals surface area contributed by atoms with E-state index in [4.69, 9.17) is 11.0 Å². The molecule has 3 heteroatoms. The lowest BCUT2D eigenvalue weighted by Crippen LogP contribution is -2.17. The first-order valence-electron chi connectivity index (χ1n) is 6.14. The summed E-state index contributed by atoms with van der Waals surface area (Å²) in [7, 11) is 0. The van der Waals surface area contributed by atoms with Crippen molar-refractivity contribution >= 4 is 0 Å². The number of nitrogens with zero attached hydrogens (tertiary/aromatic N) is 1. The fourth-order valence-corrected chi connectivity index (χ4v) is 2.03. The highest BCUT2D eigenvalue weighted by Crippen LogP contribution is 2.22. The number of benzene rings is 2. The predicted molar refractivity (Wildman–Crippen MR) is 73.9 cm³/mol. The van der Waals surface area contributed by atoms with Gasteiger partial charge in [-0.25, -0.2) is 4.39 Å². The molecule has 1 unspecified atom stereocenters. The molecule has 2 aromatic carbocycles. The largest absolute Gasteiger partial charge is 0.328 e. The summed E-state index contributed by atoms with van der Waals surface area (Å²) >= 11 is 0. The molecule has 0 aliphatic rings. The zero-order valence-electron chi connectivity index (χ0n) is 10.7. The Kier molecular flexibility index (Phi) is 3.94. The van der Waals surface area contributed by atoms with Crippen molar-refractivity contribution in [3.63, 3.8) is 0 Å². The zero-order chi connectivity index (χ0) is 13.8. The molecule has 0 saturated heterocycles. The number of rotatable bonds is 3. The highest BCUT2D eigenvalue weighted by Gasteiger charge is 2.04. The lowest BCUT2D eigenvalue weighted by molar-refractivity contribution is 0.628. The molecule has 0 aromatic heterocycles. The van der Waals surface area contributed by atoms with Crippen LogP contribution in [0.25, 0.3) is 11.1 Å². The van der Waals surface area contributed by atoms with E-state index in [0.717, 1.165) is 17.5 Å². The molecule has 2 nitrogen and oxygen atoms in total. The fraction of sp³-hybridized carbons (Fsp3) is 0.188. The molecule has 2 N–H and O–H groups in total. The minimum absolute atomic E-state index is 0.116. The third-order valence-electron chi connectivity index (χ3n) is 2.87. The quantitative estimate of drug-likeness (QED) is 0.914. The average Bonchev–Trinajstić information content (AvgIpc) is 2.38. The number of nitriles is 1. The van der Waals surface area contributed by atoms with Gasteiger partial charge in [-0.1, -0.05) is 24.3 Å². The normalized spacial score (nSPS) is 11.9. The SMILES string of the molecule is CC(N)Cc1ccc(-c2cc(F)cc(C#N)c2)cc1.